The first kappa shape index (κ1) is 21.2. The van der Waals surface area contributed by atoms with Gasteiger partial charge in [0.25, 0.3) is 11.8 Å². The molecule has 0 radical (unpaired) electrons. The molecule has 1 aliphatic heterocycles. The Kier molecular flexibility index (Phi) is 6.47. The van der Waals surface area contributed by atoms with Crippen molar-refractivity contribution in [3.63, 3.8) is 0 Å². The van der Waals surface area contributed by atoms with E-state index in [4.69, 9.17) is 0 Å². The molecule has 2 heterocycles. The molecule has 4 rings (SSSR count). The molecule has 0 aliphatic carbocycles. The number of benzene rings is 2. The molecule has 160 valence electrons. The molecular formula is C25H27N3O2S. The fraction of sp³-hybridized carbons (Fsp3) is 0.320. The van der Waals surface area contributed by atoms with Crippen molar-refractivity contribution in [2.24, 2.45) is 0 Å². The average Bonchev–Trinajstić information content (AvgIpc) is 3.45. The van der Waals surface area contributed by atoms with E-state index < -0.39 is 0 Å². The summed E-state index contributed by atoms with van der Waals surface area (Å²) in [6, 6.07) is 13.6. The van der Waals surface area contributed by atoms with Gasteiger partial charge in [-0.3, -0.25) is 9.59 Å². The summed E-state index contributed by atoms with van der Waals surface area (Å²) in [6.07, 6.45) is 2.76. The van der Waals surface area contributed by atoms with E-state index in [0.717, 1.165) is 47.8 Å². The van der Waals surface area contributed by atoms with Crippen LogP contribution in [-0.4, -0.2) is 41.3 Å². The van der Waals surface area contributed by atoms with Crippen molar-refractivity contribution < 1.29 is 9.59 Å². The normalized spacial score (nSPS) is 13.4. The highest BCUT2D eigenvalue weighted by Crippen LogP contribution is 2.25. The molecule has 5 nitrogen and oxygen atoms in total. The Morgan fingerprint density at radius 1 is 1.00 bits per heavy atom. The Morgan fingerprint density at radius 2 is 1.71 bits per heavy atom. The molecule has 2 amide bonds. The molecule has 1 fully saturated rings. The molecule has 31 heavy (non-hydrogen) atoms. The number of aryl methyl sites for hydroxylation is 2. The van der Waals surface area contributed by atoms with Crippen LogP contribution in [0.15, 0.2) is 47.8 Å². The Labute approximate surface area is 187 Å². The number of hydrogen-bond acceptors (Lipinski definition) is 4. The first-order chi connectivity index (χ1) is 15.0. The summed E-state index contributed by atoms with van der Waals surface area (Å²) in [5.41, 5.74) is 5.11. The number of aromatic nitrogens is 1. The molecule has 0 atom stereocenters. The highest BCUT2D eigenvalue weighted by Gasteiger charge is 2.21. The van der Waals surface area contributed by atoms with Crippen molar-refractivity contribution in [3.8, 4) is 11.1 Å². The van der Waals surface area contributed by atoms with Gasteiger partial charge in [-0.05, 0) is 56.0 Å². The molecular weight excluding hydrogens is 406 g/mol. The SMILES string of the molecule is Cc1ccc(-c2cc(C(=O)NCCc3csc(C)n3)cc(C(=O)N3CCCC3)c2)cc1. The van der Waals surface area contributed by atoms with Crippen LogP contribution in [0.5, 0.6) is 0 Å². The lowest BCUT2D eigenvalue weighted by atomic mass is 9.98. The number of carbonyl (C=O) groups is 2. The molecule has 0 spiro atoms. The summed E-state index contributed by atoms with van der Waals surface area (Å²) in [5.74, 6) is -0.171. The maximum absolute atomic E-state index is 13.0. The lowest BCUT2D eigenvalue weighted by Gasteiger charge is -2.17. The maximum Gasteiger partial charge on any atom is 0.253 e. The average molecular weight is 434 g/mol. The van der Waals surface area contributed by atoms with Gasteiger partial charge in [0, 0.05) is 42.6 Å². The van der Waals surface area contributed by atoms with E-state index in [1.807, 2.05) is 60.5 Å². The van der Waals surface area contributed by atoms with Crippen molar-refractivity contribution in [2.45, 2.75) is 33.1 Å². The van der Waals surface area contributed by atoms with E-state index in [9.17, 15) is 9.59 Å². The molecule has 1 aliphatic rings. The number of rotatable bonds is 6. The summed E-state index contributed by atoms with van der Waals surface area (Å²) >= 11 is 1.61. The van der Waals surface area contributed by atoms with Crippen LogP contribution < -0.4 is 5.32 Å². The second kappa shape index (κ2) is 9.43. The Hall–Kier alpha value is -2.99. The lowest BCUT2D eigenvalue weighted by molar-refractivity contribution is 0.0793. The number of carbonyl (C=O) groups excluding carboxylic acids is 2. The first-order valence-corrected chi connectivity index (χ1v) is 11.6. The Balaban J connectivity index is 1.57. The largest absolute Gasteiger partial charge is 0.352 e. The third-order valence-corrected chi connectivity index (χ3v) is 6.38. The van der Waals surface area contributed by atoms with Crippen LogP contribution in [0.2, 0.25) is 0 Å². The number of amides is 2. The smallest absolute Gasteiger partial charge is 0.253 e. The monoisotopic (exact) mass is 433 g/mol. The van der Waals surface area contributed by atoms with Gasteiger partial charge in [-0.15, -0.1) is 11.3 Å². The fourth-order valence-electron chi connectivity index (χ4n) is 3.83. The number of likely N-dealkylation sites (tertiary alicyclic amines) is 1. The van der Waals surface area contributed by atoms with Crippen molar-refractivity contribution in [1.82, 2.24) is 15.2 Å². The first-order valence-electron chi connectivity index (χ1n) is 10.7. The van der Waals surface area contributed by atoms with Gasteiger partial charge in [-0.2, -0.15) is 0 Å². The van der Waals surface area contributed by atoms with E-state index in [-0.39, 0.29) is 11.8 Å². The molecule has 0 unspecified atom stereocenters. The van der Waals surface area contributed by atoms with Gasteiger partial charge in [0.05, 0.1) is 10.7 Å². The van der Waals surface area contributed by atoms with Crippen molar-refractivity contribution >= 4 is 23.2 Å². The van der Waals surface area contributed by atoms with Gasteiger partial charge in [0.1, 0.15) is 0 Å². The minimum atomic E-state index is -0.170. The highest BCUT2D eigenvalue weighted by molar-refractivity contribution is 7.09. The van der Waals surface area contributed by atoms with E-state index in [1.54, 1.807) is 17.4 Å². The third-order valence-electron chi connectivity index (χ3n) is 5.55. The zero-order valence-corrected chi connectivity index (χ0v) is 18.8. The molecule has 3 aromatic rings. The topological polar surface area (TPSA) is 62.3 Å². The Morgan fingerprint density at radius 3 is 2.39 bits per heavy atom. The zero-order valence-electron chi connectivity index (χ0n) is 18.0. The van der Waals surface area contributed by atoms with Crippen molar-refractivity contribution in [3.05, 3.63) is 75.2 Å². The predicted molar refractivity (Wildman–Crippen MR) is 125 cm³/mol. The molecule has 0 saturated carbocycles. The minimum absolute atomic E-state index is 0.00143. The number of nitrogens with one attached hydrogen (secondary N) is 1. The summed E-state index contributed by atoms with van der Waals surface area (Å²) in [6.45, 7) is 6.08. The molecule has 0 bridgehead atoms. The lowest BCUT2D eigenvalue weighted by Crippen LogP contribution is -2.29. The van der Waals surface area contributed by atoms with Gasteiger partial charge in [-0.25, -0.2) is 4.98 Å². The van der Waals surface area contributed by atoms with Crippen LogP contribution >= 0.6 is 11.3 Å². The number of thiazole rings is 1. The second-order valence-corrected chi connectivity index (χ2v) is 9.09. The van der Waals surface area contributed by atoms with Crippen LogP contribution in [0, 0.1) is 13.8 Å². The van der Waals surface area contributed by atoms with Crippen LogP contribution in [-0.2, 0) is 6.42 Å². The van der Waals surface area contributed by atoms with Gasteiger partial charge in [0.15, 0.2) is 0 Å². The Bertz CT molecular complexity index is 1080. The van der Waals surface area contributed by atoms with Gasteiger partial charge in [0.2, 0.25) is 0 Å². The van der Waals surface area contributed by atoms with Gasteiger partial charge in [-0.1, -0.05) is 29.8 Å². The van der Waals surface area contributed by atoms with Crippen molar-refractivity contribution in [2.75, 3.05) is 19.6 Å². The molecule has 1 N–H and O–H groups in total. The number of hydrogen-bond donors (Lipinski definition) is 1. The summed E-state index contributed by atoms with van der Waals surface area (Å²) in [7, 11) is 0. The highest BCUT2D eigenvalue weighted by atomic mass is 32.1. The maximum atomic E-state index is 13.0. The van der Waals surface area contributed by atoms with E-state index in [0.29, 0.717) is 24.1 Å². The van der Waals surface area contributed by atoms with E-state index in [1.165, 1.54) is 5.56 Å². The molecule has 1 aromatic heterocycles. The van der Waals surface area contributed by atoms with Crippen LogP contribution in [0.25, 0.3) is 11.1 Å². The zero-order chi connectivity index (χ0) is 21.8. The minimum Gasteiger partial charge on any atom is -0.352 e. The van der Waals surface area contributed by atoms with Gasteiger partial charge < -0.3 is 10.2 Å². The fourth-order valence-corrected chi connectivity index (χ4v) is 4.47. The molecule has 1 saturated heterocycles. The summed E-state index contributed by atoms with van der Waals surface area (Å²) < 4.78 is 0. The van der Waals surface area contributed by atoms with E-state index >= 15 is 0 Å². The van der Waals surface area contributed by atoms with Crippen LogP contribution in [0.4, 0.5) is 0 Å². The predicted octanol–water partition coefficient (Wildman–Crippen LogP) is 4.64. The molecule has 6 heteroatoms. The standard InChI is InChI=1S/C25H27N3O2S/c1-17-5-7-19(8-6-17)20-13-21(15-22(14-20)25(30)28-11-3-4-12-28)24(29)26-10-9-23-16-31-18(2)27-23/h5-8,13-16H,3-4,9-12H2,1-2H3,(H,26,29). The van der Waals surface area contributed by atoms with Crippen LogP contribution in [0.1, 0.15) is 49.8 Å². The number of nitrogens with zero attached hydrogens (tertiary/aromatic N) is 2. The summed E-state index contributed by atoms with van der Waals surface area (Å²) in [4.78, 5) is 32.3. The van der Waals surface area contributed by atoms with Crippen molar-refractivity contribution in [1.29, 1.82) is 0 Å². The quantitative estimate of drug-likeness (QED) is 0.616. The molecule has 2 aromatic carbocycles. The third kappa shape index (κ3) is 5.20. The van der Waals surface area contributed by atoms with Gasteiger partial charge >= 0.3 is 0 Å². The summed E-state index contributed by atoms with van der Waals surface area (Å²) in [5, 5.41) is 6.03. The van der Waals surface area contributed by atoms with Crippen LogP contribution in [0.3, 0.4) is 0 Å². The van der Waals surface area contributed by atoms with E-state index in [2.05, 4.69) is 10.3 Å². The second-order valence-electron chi connectivity index (χ2n) is 8.03.